The second kappa shape index (κ2) is 7.97. The van der Waals surface area contributed by atoms with E-state index in [4.69, 9.17) is 21.8 Å². The fourth-order valence-corrected chi connectivity index (χ4v) is 4.17. The first-order valence-electron chi connectivity index (χ1n) is 8.24. The summed E-state index contributed by atoms with van der Waals surface area (Å²) in [5, 5.41) is 16.2. The monoisotopic (exact) mass is 466 g/mol. The van der Waals surface area contributed by atoms with Crippen LogP contribution in [0.5, 0.6) is 0 Å². The maximum atomic E-state index is 6.26. The minimum absolute atomic E-state index is 0.162. The Morgan fingerprint density at radius 2 is 2.30 bits per heavy atom. The van der Waals surface area contributed by atoms with Crippen molar-refractivity contribution in [3.05, 3.63) is 55.7 Å². The number of thiophene rings is 1. The molecule has 0 fully saturated rings. The number of nitrogens with one attached hydrogen (secondary N) is 2. The molecule has 0 saturated carbocycles. The molecule has 0 saturated heterocycles. The zero-order valence-electron chi connectivity index (χ0n) is 14.1. The van der Waals surface area contributed by atoms with Crippen molar-refractivity contribution in [3.8, 4) is 0 Å². The van der Waals surface area contributed by atoms with Crippen molar-refractivity contribution in [2.75, 3.05) is 5.32 Å². The van der Waals surface area contributed by atoms with Crippen molar-refractivity contribution in [3.63, 3.8) is 0 Å². The number of H-pyrrole nitrogens is 1. The fraction of sp³-hybridized carbons (Fsp3) is 0.235. The highest BCUT2D eigenvalue weighted by atomic mass is 79.9. The van der Waals surface area contributed by atoms with Crippen molar-refractivity contribution in [2.24, 2.45) is 5.73 Å². The molecule has 7 nitrogen and oxygen atoms in total. The Labute approximate surface area is 172 Å². The Kier molecular flexibility index (Phi) is 5.44. The van der Waals surface area contributed by atoms with Crippen LogP contribution < -0.4 is 11.1 Å². The third-order valence-electron chi connectivity index (χ3n) is 4.04. The Morgan fingerprint density at radius 3 is 3.04 bits per heavy atom. The van der Waals surface area contributed by atoms with E-state index in [1.165, 1.54) is 4.88 Å². The van der Waals surface area contributed by atoms with E-state index in [0.717, 1.165) is 21.6 Å². The number of furan rings is 1. The van der Waals surface area contributed by atoms with E-state index in [9.17, 15) is 0 Å². The number of nitrogens with two attached hydrogens (primary N) is 1. The average Bonchev–Trinajstić information content (AvgIpc) is 3.37. The summed E-state index contributed by atoms with van der Waals surface area (Å²) in [5.41, 5.74) is 9.21. The van der Waals surface area contributed by atoms with Gasteiger partial charge in [-0.3, -0.25) is 5.10 Å². The molecule has 4 rings (SSSR count). The molecular weight excluding hydrogens is 452 g/mol. The number of nitrogens with zero attached hydrogens (tertiary/aromatic N) is 3. The van der Waals surface area contributed by atoms with E-state index in [1.54, 1.807) is 23.6 Å². The van der Waals surface area contributed by atoms with Crippen molar-refractivity contribution in [1.82, 2.24) is 20.4 Å². The zero-order valence-corrected chi connectivity index (χ0v) is 17.2. The van der Waals surface area contributed by atoms with Gasteiger partial charge in [0.2, 0.25) is 0 Å². The van der Waals surface area contributed by atoms with Crippen molar-refractivity contribution >= 4 is 55.7 Å². The number of rotatable bonds is 7. The maximum Gasteiger partial charge on any atom is 0.177 e. The van der Waals surface area contributed by atoms with Gasteiger partial charge in [0.1, 0.15) is 16.4 Å². The molecule has 0 spiro atoms. The summed E-state index contributed by atoms with van der Waals surface area (Å²) < 4.78 is 6.87. The van der Waals surface area contributed by atoms with Crippen LogP contribution in [0.25, 0.3) is 11.1 Å². The lowest BCUT2D eigenvalue weighted by Gasteiger charge is -2.07. The predicted octanol–water partition coefficient (Wildman–Crippen LogP) is 4.15. The Bertz CT molecular complexity index is 1030. The Balaban J connectivity index is 1.58. The highest BCUT2D eigenvalue weighted by Gasteiger charge is 2.20. The number of fused-ring (bicyclic) bond motifs is 1. The van der Waals surface area contributed by atoms with E-state index in [0.29, 0.717) is 35.6 Å². The van der Waals surface area contributed by atoms with Crippen LogP contribution in [0.3, 0.4) is 0 Å². The minimum Gasteiger partial charge on any atom is -0.456 e. The number of aromatic amines is 1. The van der Waals surface area contributed by atoms with Crippen LogP contribution in [-0.2, 0) is 19.4 Å². The van der Waals surface area contributed by atoms with Gasteiger partial charge in [0.25, 0.3) is 0 Å². The fourth-order valence-electron chi connectivity index (χ4n) is 2.82. The second-order valence-corrected chi connectivity index (χ2v) is 8.29. The van der Waals surface area contributed by atoms with Gasteiger partial charge in [-0.2, -0.15) is 0 Å². The predicted molar refractivity (Wildman–Crippen MR) is 110 cm³/mol. The SMILES string of the molecule is N[C@H](Cc1c[nH]nn1)Cc1oc2c(NCc3cccs3)cc(Cl)nc2c1Br. The van der Waals surface area contributed by atoms with Gasteiger partial charge in [-0.25, -0.2) is 4.98 Å². The molecule has 10 heteroatoms. The van der Waals surface area contributed by atoms with Gasteiger partial charge in [-0.1, -0.05) is 22.9 Å². The van der Waals surface area contributed by atoms with E-state index in [2.05, 4.69) is 47.7 Å². The molecule has 4 N–H and O–H groups in total. The maximum absolute atomic E-state index is 6.26. The molecule has 0 aromatic carbocycles. The second-order valence-electron chi connectivity index (χ2n) is 6.08. The first-order chi connectivity index (χ1) is 13.1. The lowest BCUT2D eigenvalue weighted by atomic mass is 10.1. The molecule has 4 aromatic rings. The van der Waals surface area contributed by atoms with Gasteiger partial charge < -0.3 is 15.5 Å². The molecule has 4 aromatic heterocycles. The lowest BCUT2D eigenvalue weighted by Crippen LogP contribution is -2.25. The van der Waals surface area contributed by atoms with Gasteiger partial charge in [0.05, 0.1) is 15.9 Å². The summed E-state index contributed by atoms with van der Waals surface area (Å²) >= 11 is 11.5. The van der Waals surface area contributed by atoms with Gasteiger partial charge in [0, 0.05) is 42.6 Å². The molecule has 27 heavy (non-hydrogen) atoms. The highest BCUT2D eigenvalue weighted by molar-refractivity contribution is 9.10. The average molecular weight is 468 g/mol. The molecule has 0 aliphatic heterocycles. The first-order valence-corrected chi connectivity index (χ1v) is 10.3. The molecule has 4 heterocycles. The Morgan fingerprint density at radius 1 is 1.41 bits per heavy atom. The standard InChI is InChI=1S/C17H16BrClN6OS/c18-15-13(5-9(20)4-10-7-22-25-24-10)26-17-12(6-14(19)23-16(15)17)21-8-11-2-1-3-27-11/h1-3,6-7,9H,4-5,8,20H2,(H,21,23)(H,22,24,25)/t9-/m1/s1. The summed E-state index contributed by atoms with van der Waals surface area (Å²) in [5.74, 6) is 0.731. The van der Waals surface area contributed by atoms with Crippen molar-refractivity contribution < 1.29 is 4.42 Å². The summed E-state index contributed by atoms with van der Waals surface area (Å²) in [4.78, 5) is 5.62. The van der Waals surface area contributed by atoms with Gasteiger partial charge in [-0.05, 0) is 27.4 Å². The molecule has 1 atom stereocenters. The molecule has 0 aliphatic rings. The van der Waals surface area contributed by atoms with Gasteiger partial charge in [0.15, 0.2) is 5.58 Å². The zero-order chi connectivity index (χ0) is 18.8. The number of hydrogen-bond acceptors (Lipinski definition) is 7. The van der Waals surface area contributed by atoms with Crippen LogP contribution in [0.1, 0.15) is 16.3 Å². The van der Waals surface area contributed by atoms with Crippen molar-refractivity contribution in [2.45, 2.75) is 25.4 Å². The number of anilines is 1. The number of pyridine rings is 1. The summed E-state index contributed by atoms with van der Waals surface area (Å²) in [7, 11) is 0. The van der Waals surface area contributed by atoms with Crippen molar-refractivity contribution in [1.29, 1.82) is 0 Å². The third-order valence-corrected chi connectivity index (χ3v) is 5.93. The van der Waals surface area contributed by atoms with E-state index in [1.807, 2.05) is 11.4 Å². The topological polar surface area (TPSA) is 106 Å². The molecule has 0 radical (unpaired) electrons. The number of hydrogen-bond donors (Lipinski definition) is 3. The van der Waals surface area contributed by atoms with Crippen LogP contribution in [0, 0.1) is 0 Å². The summed E-state index contributed by atoms with van der Waals surface area (Å²) in [6, 6.07) is 5.70. The molecule has 0 amide bonds. The minimum atomic E-state index is -0.162. The van der Waals surface area contributed by atoms with Gasteiger partial charge >= 0.3 is 0 Å². The summed E-state index contributed by atoms with van der Waals surface area (Å²) in [6.07, 6.45) is 2.87. The van der Waals surface area contributed by atoms with E-state index >= 15 is 0 Å². The molecule has 0 unspecified atom stereocenters. The van der Waals surface area contributed by atoms with Crippen LogP contribution >= 0.6 is 38.9 Å². The molecule has 140 valence electrons. The molecule has 0 bridgehead atoms. The molecule has 0 aliphatic carbocycles. The number of halogens is 2. The largest absolute Gasteiger partial charge is 0.456 e. The highest BCUT2D eigenvalue weighted by Crippen LogP contribution is 2.36. The van der Waals surface area contributed by atoms with Crippen LogP contribution in [-0.4, -0.2) is 26.4 Å². The van der Waals surface area contributed by atoms with Crippen LogP contribution in [0.15, 0.2) is 38.7 Å². The van der Waals surface area contributed by atoms with Gasteiger partial charge in [-0.15, -0.1) is 16.4 Å². The normalized spacial score (nSPS) is 12.6. The number of aromatic nitrogens is 4. The first kappa shape index (κ1) is 18.4. The quantitative estimate of drug-likeness (QED) is 0.353. The third kappa shape index (κ3) is 4.16. The Hall–Kier alpha value is -1.94. The van der Waals surface area contributed by atoms with E-state index < -0.39 is 0 Å². The van der Waals surface area contributed by atoms with Crippen LogP contribution in [0.4, 0.5) is 5.69 Å². The van der Waals surface area contributed by atoms with E-state index in [-0.39, 0.29) is 6.04 Å². The smallest absolute Gasteiger partial charge is 0.177 e. The summed E-state index contributed by atoms with van der Waals surface area (Å²) in [6.45, 7) is 0.687. The van der Waals surface area contributed by atoms with Crippen LogP contribution in [0.2, 0.25) is 5.15 Å². The lowest BCUT2D eigenvalue weighted by molar-refractivity contribution is 0.508. The molecular formula is C17H16BrClN6OS.